The van der Waals surface area contributed by atoms with Crippen molar-refractivity contribution in [2.75, 3.05) is 0 Å². The average molecular weight is 196 g/mol. The number of halogens is 1. The van der Waals surface area contributed by atoms with Crippen molar-refractivity contribution in [3.05, 3.63) is 22.2 Å². The van der Waals surface area contributed by atoms with Gasteiger partial charge >= 0.3 is 0 Å². The van der Waals surface area contributed by atoms with E-state index in [2.05, 4.69) is 15.0 Å². The van der Waals surface area contributed by atoms with Crippen molar-refractivity contribution in [3.63, 3.8) is 0 Å². The van der Waals surface area contributed by atoms with E-state index in [9.17, 15) is 0 Å². The molecule has 0 spiro atoms. The van der Waals surface area contributed by atoms with E-state index in [0.29, 0.717) is 11.0 Å². The molecule has 0 aliphatic heterocycles. The minimum atomic E-state index is 0.499. The molecule has 4 heteroatoms. The minimum Gasteiger partial charge on any atom is -0.355 e. The lowest BCUT2D eigenvalue weighted by Gasteiger charge is -1.95. The van der Waals surface area contributed by atoms with Crippen molar-refractivity contribution in [1.29, 1.82) is 0 Å². The molecule has 0 saturated heterocycles. The van der Waals surface area contributed by atoms with Crippen LogP contribution in [0.25, 0.3) is 11.0 Å². The first kappa shape index (κ1) is 8.51. The largest absolute Gasteiger partial charge is 0.355 e. The van der Waals surface area contributed by atoms with Crippen molar-refractivity contribution in [3.8, 4) is 0 Å². The van der Waals surface area contributed by atoms with Gasteiger partial charge in [0.1, 0.15) is 11.3 Å². The molecule has 0 aliphatic rings. The van der Waals surface area contributed by atoms with Gasteiger partial charge in [-0.2, -0.15) is 0 Å². The predicted octanol–water partition coefficient (Wildman–Crippen LogP) is 2.54. The highest BCUT2D eigenvalue weighted by atomic mass is 35.5. The van der Waals surface area contributed by atoms with Gasteiger partial charge in [0.25, 0.3) is 0 Å². The number of aromatic amines is 1. The average Bonchev–Trinajstić information content (AvgIpc) is 2.32. The summed E-state index contributed by atoms with van der Waals surface area (Å²) in [4.78, 5) is 11.6. The van der Waals surface area contributed by atoms with Crippen LogP contribution in [0.1, 0.15) is 17.1 Å². The topological polar surface area (TPSA) is 41.6 Å². The summed E-state index contributed by atoms with van der Waals surface area (Å²) >= 11 is 5.97. The van der Waals surface area contributed by atoms with Crippen LogP contribution in [0.15, 0.2) is 0 Å². The maximum absolute atomic E-state index is 5.97. The SMILES string of the molecule is Cc1nc(Cl)c2[nH]c(C)c(C)c2n1. The van der Waals surface area contributed by atoms with Gasteiger partial charge in [-0.25, -0.2) is 9.97 Å². The molecule has 2 aromatic rings. The summed E-state index contributed by atoms with van der Waals surface area (Å²) in [5.41, 5.74) is 4.00. The Kier molecular flexibility index (Phi) is 1.77. The summed E-state index contributed by atoms with van der Waals surface area (Å²) < 4.78 is 0. The van der Waals surface area contributed by atoms with Crippen LogP contribution in [0, 0.1) is 20.8 Å². The van der Waals surface area contributed by atoms with Crippen molar-refractivity contribution in [2.24, 2.45) is 0 Å². The van der Waals surface area contributed by atoms with Gasteiger partial charge in [0.2, 0.25) is 0 Å². The summed E-state index contributed by atoms with van der Waals surface area (Å²) in [6.07, 6.45) is 0. The van der Waals surface area contributed by atoms with Crippen LogP contribution in [-0.4, -0.2) is 15.0 Å². The zero-order chi connectivity index (χ0) is 9.59. The molecular formula is C9H10ClN3. The normalized spacial score (nSPS) is 11.1. The number of aryl methyl sites for hydroxylation is 3. The Morgan fingerprint density at radius 3 is 2.54 bits per heavy atom. The molecule has 1 N–H and O–H groups in total. The van der Waals surface area contributed by atoms with Crippen molar-refractivity contribution >= 4 is 22.6 Å². The molecule has 0 bridgehead atoms. The molecule has 2 aromatic heterocycles. The van der Waals surface area contributed by atoms with Crippen LogP contribution in [-0.2, 0) is 0 Å². The number of H-pyrrole nitrogens is 1. The lowest BCUT2D eigenvalue weighted by molar-refractivity contribution is 1.09. The monoisotopic (exact) mass is 195 g/mol. The van der Waals surface area contributed by atoms with Gasteiger partial charge in [-0.1, -0.05) is 11.6 Å². The van der Waals surface area contributed by atoms with Gasteiger partial charge in [0.15, 0.2) is 5.15 Å². The van der Waals surface area contributed by atoms with Gasteiger partial charge in [0.05, 0.1) is 5.52 Å². The van der Waals surface area contributed by atoms with Crippen LogP contribution >= 0.6 is 11.6 Å². The fourth-order valence-corrected chi connectivity index (χ4v) is 1.64. The van der Waals surface area contributed by atoms with Gasteiger partial charge in [-0.3, -0.25) is 0 Å². The van der Waals surface area contributed by atoms with Gasteiger partial charge in [-0.05, 0) is 26.3 Å². The number of nitrogens with one attached hydrogen (secondary N) is 1. The molecule has 0 aromatic carbocycles. The van der Waals surface area contributed by atoms with Crippen molar-refractivity contribution in [1.82, 2.24) is 15.0 Å². The molecule has 0 amide bonds. The van der Waals surface area contributed by atoms with E-state index >= 15 is 0 Å². The molecule has 2 heterocycles. The Morgan fingerprint density at radius 2 is 1.85 bits per heavy atom. The fraction of sp³-hybridized carbons (Fsp3) is 0.333. The highest BCUT2D eigenvalue weighted by molar-refractivity contribution is 6.33. The third-order valence-electron chi connectivity index (χ3n) is 2.21. The van der Waals surface area contributed by atoms with E-state index in [1.807, 2.05) is 20.8 Å². The Hall–Kier alpha value is -1.09. The first-order valence-electron chi connectivity index (χ1n) is 4.08. The number of aromatic nitrogens is 3. The number of hydrogen-bond acceptors (Lipinski definition) is 2. The minimum absolute atomic E-state index is 0.499. The van der Waals surface area contributed by atoms with Crippen LogP contribution in [0.5, 0.6) is 0 Å². The van der Waals surface area contributed by atoms with Crippen molar-refractivity contribution in [2.45, 2.75) is 20.8 Å². The molecule has 68 valence electrons. The highest BCUT2D eigenvalue weighted by Gasteiger charge is 2.09. The Labute approximate surface area is 81.2 Å². The first-order chi connectivity index (χ1) is 6.09. The molecule has 0 radical (unpaired) electrons. The lowest BCUT2D eigenvalue weighted by atomic mass is 10.2. The smallest absolute Gasteiger partial charge is 0.156 e. The van der Waals surface area contributed by atoms with E-state index in [1.165, 1.54) is 0 Å². The zero-order valence-electron chi connectivity index (χ0n) is 7.77. The quantitative estimate of drug-likeness (QED) is 0.657. The van der Waals surface area contributed by atoms with Gasteiger partial charge in [0, 0.05) is 5.69 Å². The van der Waals surface area contributed by atoms with E-state index in [0.717, 1.165) is 22.3 Å². The number of rotatable bonds is 0. The van der Waals surface area contributed by atoms with Crippen LogP contribution in [0.2, 0.25) is 5.15 Å². The van der Waals surface area contributed by atoms with Crippen LogP contribution < -0.4 is 0 Å². The van der Waals surface area contributed by atoms with Crippen LogP contribution in [0.3, 0.4) is 0 Å². The Bertz CT molecular complexity index is 473. The molecule has 0 aliphatic carbocycles. The second-order valence-corrected chi connectivity index (χ2v) is 3.52. The molecule has 0 fully saturated rings. The molecule has 13 heavy (non-hydrogen) atoms. The second-order valence-electron chi connectivity index (χ2n) is 3.16. The molecular weight excluding hydrogens is 186 g/mol. The predicted molar refractivity (Wildman–Crippen MR) is 53.1 cm³/mol. The summed E-state index contributed by atoms with van der Waals surface area (Å²) in [5, 5.41) is 0.499. The van der Waals surface area contributed by atoms with Gasteiger partial charge in [-0.15, -0.1) is 0 Å². The molecule has 2 rings (SSSR count). The zero-order valence-corrected chi connectivity index (χ0v) is 8.53. The first-order valence-corrected chi connectivity index (χ1v) is 4.46. The molecule has 0 unspecified atom stereocenters. The van der Waals surface area contributed by atoms with E-state index in [-0.39, 0.29) is 0 Å². The second kappa shape index (κ2) is 2.70. The number of fused-ring (bicyclic) bond motifs is 1. The summed E-state index contributed by atoms with van der Waals surface area (Å²) in [6.45, 7) is 5.87. The molecule has 0 saturated carbocycles. The standard InChI is InChI=1S/C9H10ClN3/c1-4-5(2)11-8-7(4)12-6(3)13-9(8)10/h11H,1-3H3. The maximum atomic E-state index is 5.97. The van der Waals surface area contributed by atoms with E-state index in [4.69, 9.17) is 11.6 Å². The lowest BCUT2D eigenvalue weighted by Crippen LogP contribution is -1.88. The van der Waals surface area contributed by atoms with Gasteiger partial charge < -0.3 is 4.98 Å². The molecule has 0 atom stereocenters. The highest BCUT2D eigenvalue weighted by Crippen LogP contribution is 2.24. The summed E-state index contributed by atoms with van der Waals surface area (Å²) in [7, 11) is 0. The third-order valence-corrected chi connectivity index (χ3v) is 2.48. The summed E-state index contributed by atoms with van der Waals surface area (Å²) in [5.74, 6) is 0.708. The molecule has 3 nitrogen and oxygen atoms in total. The summed E-state index contributed by atoms with van der Waals surface area (Å²) in [6, 6.07) is 0. The van der Waals surface area contributed by atoms with Crippen LogP contribution in [0.4, 0.5) is 0 Å². The fourth-order valence-electron chi connectivity index (χ4n) is 1.38. The Balaban J connectivity index is 2.94. The Morgan fingerprint density at radius 1 is 1.15 bits per heavy atom. The van der Waals surface area contributed by atoms with E-state index < -0.39 is 0 Å². The number of nitrogens with zero attached hydrogens (tertiary/aromatic N) is 2. The third kappa shape index (κ3) is 1.20. The number of hydrogen-bond donors (Lipinski definition) is 1. The van der Waals surface area contributed by atoms with Crippen molar-refractivity contribution < 1.29 is 0 Å². The maximum Gasteiger partial charge on any atom is 0.156 e. The van der Waals surface area contributed by atoms with E-state index in [1.54, 1.807) is 0 Å².